The summed E-state index contributed by atoms with van der Waals surface area (Å²) >= 11 is 0. The number of hydrogen-bond acceptors (Lipinski definition) is 4. The summed E-state index contributed by atoms with van der Waals surface area (Å²) in [6.07, 6.45) is 5.98. The van der Waals surface area contributed by atoms with Gasteiger partial charge in [0.1, 0.15) is 5.84 Å². The van der Waals surface area contributed by atoms with Crippen LogP contribution >= 0.6 is 0 Å². The Balaban J connectivity index is 1.47. The molecule has 3 heterocycles. The number of nitrogen functional groups attached to an aromatic ring is 1. The number of benzene rings is 1. The first-order valence-electron chi connectivity index (χ1n) is 11.7. The Labute approximate surface area is 184 Å². The molecule has 4 N–H and O–H groups in total. The molecule has 7 nitrogen and oxygen atoms in total. The number of carbonyl (C=O) groups is 1. The molecular weight excluding hydrogens is 390 g/mol. The first kappa shape index (κ1) is 21.8. The number of aromatic nitrogens is 1. The second-order valence-corrected chi connectivity index (χ2v) is 8.85. The van der Waals surface area contributed by atoms with Crippen LogP contribution in [0.3, 0.4) is 0 Å². The maximum atomic E-state index is 13.3. The topological polar surface area (TPSA) is 98.6 Å². The average molecular weight is 426 g/mol. The molecule has 0 unspecified atom stereocenters. The zero-order valence-corrected chi connectivity index (χ0v) is 18.5. The van der Waals surface area contributed by atoms with Gasteiger partial charge < -0.3 is 20.3 Å². The molecule has 2 atom stereocenters. The zero-order valence-electron chi connectivity index (χ0n) is 18.5. The fraction of sp³-hybridized carbons (Fsp3) is 0.583. The van der Waals surface area contributed by atoms with Gasteiger partial charge in [-0.15, -0.1) is 0 Å². The van der Waals surface area contributed by atoms with Crippen molar-refractivity contribution in [3.63, 3.8) is 0 Å². The number of nitrogens with one attached hydrogen (secondary N) is 1. The molecule has 1 aromatic carbocycles. The molecule has 0 saturated carbocycles. The number of likely N-dealkylation sites (tertiary alicyclic amines) is 2. The monoisotopic (exact) mass is 425 g/mol. The Hall–Kier alpha value is -2.38. The van der Waals surface area contributed by atoms with Crippen LogP contribution in [-0.4, -0.2) is 69.5 Å². The number of nitrogens with zero attached hydrogens (tertiary/aromatic N) is 3. The van der Waals surface area contributed by atoms with Gasteiger partial charge in [0, 0.05) is 42.5 Å². The Morgan fingerprint density at radius 3 is 2.77 bits per heavy atom. The van der Waals surface area contributed by atoms with Gasteiger partial charge in [-0.1, -0.05) is 12.1 Å². The van der Waals surface area contributed by atoms with E-state index in [1.54, 1.807) is 0 Å². The van der Waals surface area contributed by atoms with Crippen LogP contribution < -0.4 is 5.73 Å². The van der Waals surface area contributed by atoms with E-state index in [0.717, 1.165) is 69.2 Å². The number of nitrogens with two attached hydrogens (primary N) is 1. The Kier molecular flexibility index (Phi) is 6.62. The normalized spacial score (nSPS) is 21.9. The first-order valence-corrected chi connectivity index (χ1v) is 11.7. The van der Waals surface area contributed by atoms with E-state index in [4.69, 9.17) is 11.1 Å². The third-order valence-electron chi connectivity index (χ3n) is 7.05. The van der Waals surface area contributed by atoms with E-state index >= 15 is 0 Å². The minimum Gasteiger partial charge on any atom is -0.395 e. The summed E-state index contributed by atoms with van der Waals surface area (Å²) in [5.74, 6) is 0.352. The van der Waals surface area contributed by atoms with Gasteiger partial charge in [0.2, 0.25) is 5.91 Å². The van der Waals surface area contributed by atoms with Crippen molar-refractivity contribution < 1.29 is 9.90 Å². The number of aliphatic hydroxyl groups excluding tert-OH is 1. The molecular formula is C24H35N5O2. The van der Waals surface area contributed by atoms with Crippen molar-refractivity contribution in [2.75, 3.05) is 26.2 Å². The maximum Gasteiger partial charge on any atom is 0.240 e. The molecule has 1 aromatic heterocycles. The summed E-state index contributed by atoms with van der Waals surface area (Å²) in [4.78, 5) is 17.6. The highest BCUT2D eigenvalue weighted by atomic mass is 16.3. The minimum absolute atomic E-state index is 0.0557. The van der Waals surface area contributed by atoms with Crippen LogP contribution in [0.1, 0.15) is 50.3 Å². The number of rotatable bonds is 8. The molecule has 2 aliphatic heterocycles. The van der Waals surface area contributed by atoms with Gasteiger partial charge >= 0.3 is 0 Å². The molecule has 2 aromatic rings. The van der Waals surface area contributed by atoms with E-state index in [1.807, 2.05) is 18.2 Å². The minimum atomic E-state index is -0.0557. The lowest BCUT2D eigenvalue weighted by Crippen LogP contribution is -2.48. The lowest BCUT2D eigenvalue weighted by atomic mass is 10.1. The Morgan fingerprint density at radius 1 is 1.23 bits per heavy atom. The fourth-order valence-electron chi connectivity index (χ4n) is 5.49. The van der Waals surface area contributed by atoms with Gasteiger partial charge in [0.15, 0.2) is 0 Å². The van der Waals surface area contributed by atoms with Gasteiger partial charge in [-0.25, -0.2) is 0 Å². The van der Waals surface area contributed by atoms with Crippen LogP contribution in [0.15, 0.2) is 24.3 Å². The van der Waals surface area contributed by atoms with Crippen LogP contribution in [0.2, 0.25) is 0 Å². The molecule has 0 bridgehead atoms. The zero-order chi connectivity index (χ0) is 22.0. The molecule has 31 heavy (non-hydrogen) atoms. The quantitative estimate of drug-likeness (QED) is 0.446. The average Bonchev–Trinajstić information content (AvgIpc) is 3.49. The van der Waals surface area contributed by atoms with Gasteiger partial charge in [-0.2, -0.15) is 0 Å². The molecule has 0 aliphatic carbocycles. The molecule has 2 aliphatic rings. The van der Waals surface area contributed by atoms with E-state index in [2.05, 4.69) is 27.4 Å². The van der Waals surface area contributed by atoms with Crippen LogP contribution in [-0.2, 0) is 17.8 Å². The number of hydrogen-bond donors (Lipinski definition) is 3. The molecule has 168 valence electrons. The predicted molar refractivity (Wildman–Crippen MR) is 123 cm³/mol. The smallest absolute Gasteiger partial charge is 0.240 e. The number of aliphatic hydroxyl groups is 1. The van der Waals surface area contributed by atoms with E-state index < -0.39 is 0 Å². The summed E-state index contributed by atoms with van der Waals surface area (Å²) < 4.78 is 2.31. The van der Waals surface area contributed by atoms with E-state index in [1.165, 1.54) is 11.1 Å². The van der Waals surface area contributed by atoms with Crippen molar-refractivity contribution in [2.24, 2.45) is 5.73 Å². The predicted octanol–water partition coefficient (Wildman–Crippen LogP) is 2.33. The van der Waals surface area contributed by atoms with Gasteiger partial charge in [0.05, 0.1) is 12.6 Å². The summed E-state index contributed by atoms with van der Waals surface area (Å²) in [5.41, 5.74) is 8.84. The first-order chi connectivity index (χ1) is 15.0. The lowest BCUT2D eigenvalue weighted by molar-refractivity contribution is -0.137. The molecule has 0 spiro atoms. The maximum absolute atomic E-state index is 13.3. The number of fused-ring (bicyclic) bond motifs is 1. The highest BCUT2D eigenvalue weighted by molar-refractivity contribution is 5.98. The summed E-state index contributed by atoms with van der Waals surface area (Å²) in [6, 6.07) is 8.43. The number of aryl methyl sites for hydroxylation is 2. The summed E-state index contributed by atoms with van der Waals surface area (Å²) in [7, 11) is 0. The van der Waals surface area contributed by atoms with E-state index in [-0.39, 0.29) is 24.4 Å². The van der Waals surface area contributed by atoms with Crippen molar-refractivity contribution in [1.29, 1.82) is 5.41 Å². The summed E-state index contributed by atoms with van der Waals surface area (Å²) in [6.45, 7) is 5.48. The Morgan fingerprint density at radius 2 is 2.03 bits per heavy atom. The molecule has 2 fully saturated rings. The van der Waals surface area contributed by atoms with Crippen molar-refractivity contribution in [1.82, 2.24) is 14.4 Å². The number of β-amino-alcohol motifs (C(OH)–C–C–N with tert-alkyl or cyclic N) is 1. The molecule has 0 radical (unpaired) electrons. The lowest BCUT2D eigenvalue weighted by Gasteiger charge is -2.31. The third-order valence-corrected chi connectivity index (χ3v) is 7.05. The van der Waals surface area contributed by atoms with Crippen LogP contribution in [0, 0.1) is 5.41 Å². The third kappa shape index (κ3) is 4.34. The largest absolute Gasteiger partial charge is 0.395 e. The van der Waals surface area contributed by atoms with Gasteiger partial charge in [0.25, 0.3) is 0 Å². The van der Waals surface area contributed by atoms with Crippen molar-refractivity contribution in [3.05, 3.63) is 35.5 Å². The molecule has 4 rings (SSSR count). The molecule has 2 saturated heterocycles. The highest BCUT2D eigenvalue weighted by Crippen LogP contribution is 2.28. The van der Waals surface area contributed by atoms with Crippen molar-refractivity contribution in [3.8, 4) is 0 Å². The van der Waals surface area contributed by atoms with Crippen LogP contribution in [0.4, 0.5) is 0 Å². The number of carbonyl (C=O) groups excluding carboxylic acids is 1. The second kappa shape index (κ2) is 9.40. The molecule has 1 amide bonds. The Bertz CT molecular complexity index is 953. The van der Waals surface area contributed by atoms with Crippen molar-refractivity contribution in [2.45, 2.75) is 64.1 Å². The van der Waals surface area contributed by atoms with E-state index in [0.29, 0.717) is 12.6 Å². The highest BCUT2D eigenvalue weighted by Gasteiger charge is 2.37. The fourth-order valence-corrected chi connectivity index (χ4v) is 5.49. The van der Waals surface area contributed by atoms with Gasteiger partial charge in [-0.05, 0) is 69.5 Å². The number of amides is 1. The van der Waals surface area contributed by atoms with Gasteiger partial charge in [-0.3, -0.25) is 15.1 Å². The summed E-state index contributed by atoms with van der Waals surface area (Å²) in [5, 5.41) is 18.2. The van der Waals surface area contributed by atoms with Crippen LogP contribution in [0.5, 0.6) is 0 Å². The van der Waals surface area contributed by atoms with Crippen molar-refractivity contribution >= 4 is 22.6 Å². The SMILES string of the molecule is CCn1c(CC[C@@H]2CCCN2C(=O)[C@H]2CCCN2CCO)cc2ccc(C(=N)N)cc21. The molecule has 7 heteroatoms. The van der Waals surface area contributed by atoms with E-state index in [9.17, 15) is 9.90 Å². The second-order valence-electron chi connectivity index (χ2n) is 8.85. The standard InChI is InChI=1S/C24H35N5O2/c1-2-28-20(15-17-7-8-18(23(25)26)16-22(17)28)10-9-19-5-3-12-29(19)24(31)21-6-4-11-27(21)13-14-30/h7-8,15-16,19,21,30H,2-6,9-14H2,1H3,(H3,25,26)/t19-,21+/m0/s1. The number of amidine groups is 1. The van der Waals surface area contributed by atoms with Crippen LogP contribution in [0.25, 0.3) is 10.9 Å².